The first-order chi connectivity index (χ1) is 10.3. The molecule has 1 aromatic carbocycles. The Kier molecular flexibility index (Phi) is 6.51. The summed E-state index contributed by atoms with van der Waals surface area (Å²) in [5.74, 6) is 3.67. The molecule has 112 valence electrons. The van der Waals surface area contributed by atoms with E-state index in [-0.39, 0.29) is 0 Å². The van der Waals surface area contributed by atoms with E-state index in [1.165, 1.54) is 0 Å². The minimum Gasteiger partial charge on any atom is -0.369 e. The number of anilines is 1. The van der Waals surface area contributed by atoms with Gasteiger partial charge >= 0.3 is 0 Å². The van der Waals surface area contributed by atoms with Gasteiger partial charge in [-0.05, 0) is 28.1 Å². The predicted molar refractivity (Wildman–Crippen MR) is 95.8 cm³/mol. The van der Waals surface area contributed by atoms with Crippen LogP contribution in [0.15, 0.2) is 34.8 Å². The second-order valence-corrected chi connectivity index (χ2v) is 6.65. The van der Waals surface area contributed by atoms with E-state index >= 15 is 0 Å². The van der Waals surface area contributed by atoms with Crippen LogP contribution >= 0.6 is 27.7 Å². The molecular weight excluding hydrogens is 346 g/mol. The molecule has 0 aliphatic rings. The summed E-state index contributed by atoms with van der Waals surface area (Å²) in [6.45, 7) is 5.20. The molecule has 1 heterocycles. The van der Waals surface area contributed by atoms with Gasteiger partial charge in [-0.15, -0.1) is 0 Å². The maximum atomic E-state index is 4.73. The van der Waals surface area contributed by atoms with Crippen molar-refractivity contribution >= 4 is 33.5 Å². The number of hydrogen-bond donors (Lipinski definition) is 1. The number of benzene rings is 1. The Morgan fingerprint density at radius 2 is 1.90 bits per heavy atom. The lowest BCUT2D eigenvalue weighted by Crippen LogP contribution is -2.07. The van der Waals surface area contributed by atoms with Gasteiger partial charge in [-0.3, -0.25) is 0 Å². The summed E-state index contributed by atoms with van der Waals surface area (Å²) in [5, 5.41) is 3.38. The van der Waals surface area contributed by atoms with Gasteiger partial charge in [0.25, 0.3) is 0 Å². The number of aromatic nitrogens is 2. The molecular formula is C16H20BrN3S. The molecule has 1 aromatic heterocycles. The van der Waals surface area contributed by atoms with Crippen molar-refractivity contribution in [1.82, 2.24) is 9.97 Å². The number of halogens is 1. The minimum absolute atomic E-state index is 0.838. The Hall–Kier alpha value is -1.07. The molecule has 21 heavy (non-hydrogen) atoms. The normalized spacial score (nSPS) is 10.6. The smallest absolute Gasteiger partial charge is 0.144 e. The molecule has 0 aliphatic carbocycles. The third kappa shape index (κ3) is 4.45. The first-order valence-electron chi connectivity index (χ1n) is 7.19. The van der Waals surface area contributed by atoms with Crippen LogP contribution in [0.25, 0.3) is 11.3 Å². The van der Waals surface area contributed by atoms with E-state index in [9.17, 15) is 0 Å². The lowest BCUT2D eigenvalue weighted by atomic mass is 10.1. The van der Waals surface area contributed by atoms with Crippen molar-refractivity contribution in [2.45, 2.75) is 26.0 Å². The minimum atomic E-state index is 0.838. The third-order valence-corrected chi connectivity index (χ3v) is 4.54. The summed E-state index contributed by atoms with van der Waals surface area (Å²) in [7, 11) is 0. The van der Waals surface area contributed by atoms with Crippen LogP contribution in [0.5, 0.6) is 0 Å². The molecule has 0 saturated heterocycles. The zero-order chi connectivity index (χ0) is 15.1. The highest BCUT2D eigenvalue weighted by Gasteiger charge is 2.13. The van der Waals surface area contributed by atoms with Gasteiger partial charge in [0, 0.05) is 12.1 Å². The predicted octanol–water partition coefficient (Wildman–Crippen LogP) is 4.98. The molecule has 0 spiro atoms. The van der Waals surface area contributed by atoms with E-state index in [0.717, 1.165) is 51.8 Å². The van der Waals surface area contributed by atoms with Crippen LogP contribution in [0.1, 0.15) is 26.1 Å². The van der Waals surface area contributed by atoms with Gasteiger partial charge in [-0.2, -0.15) is 11.8 Å². The highest BCUT2D eigenvalue weighted by molar-refractivity contribution is 9.10. The van der Waals surface area contributed by atoms with Crippen molar-refractivity contribution in [3.63, 3.8) is 0 Å². The monoisotopic (exact) mass is 365 g/mol. The van der Waals surface area contributed by atoms with Crippen molar-refractivity contribution in [1.29, 1.82) is 0 Å². The van der Waals surface area contributed by atoms with Crippen LogP contribution in [-0.2, 0) is 5.75 Å². The van der Waals surface area contributed by atoms with E-state index in [2.05, 4.69) is 52.2 Å². The van der Waals surface area contributed by atoms with Crippen LogP contribution in [0.2, 0.25) is 0 Å². The van der Waals surface area contributed by atoms with E-state index in [0.29, 0.717) is 0 Å². The average molecular weight is 366 g/mol. The fourth-order valence-electron chi connectivity index (χ4n) is 1.90. The topological polar surface area (TPSA) is 37.8 Å². The molecule has 2 aromatic rings. The molecule has 0 fully saturated rings. The van der Waals surface area contributed by atoms with Crippen molar-refractivity contribution in [2.75, 3.05) is 17.6 Å². The van der Waals surface area contributed by atoms with Crippen molar-refractivity contribution in [2.24, 2.45) is 0 Å². The molecule has 0 saturated carbocycles. The SMILES string of the molecule is CCCNc1nc(CSCC)nc(-c2ccccc2)c1Br. The van der Waals surface area contributed by atoms with Gasteiger partial charge < -0.3 is 5.32 Å². The summed E-state index contributed by atoms with van der Waals surface area (Å²) >= 11 is 5.49. The van der Waals surface area contributed by atoms with E-state index < -0.39 is 0 Å². The molecule has 2 rings (SSSR count). The lowest BCUT2D eigenvalue weighted by molar-refractivity contribution is 0.948. The standard InChI is InChI=1S/C16H20BrN3S/c1-3-10-18-16-14(17)15(12-8-6-5-7-9-12)19-13(20-16)11-21-4-2/h5-9H,3-4,10-11H2,1-2H3,(H,18,19,20). The average Bonchev–Trinajstić information content (AvgIpc) is 2.53. The summed E-state index contributed by atoms with van der Waals surface area (Å²) in [6.07, 6.45) is 1.07. The number of rotatable bonds is 7. The van der Waals surface area contributed by atoms with Gasteiger partial charge in [-0.25, -0.2) is 9.97 Å². The molecule has 0 aliphatic heterocycles. The summed E-state index contributed by atoms with van der Waals surface area (Å²) in [6, 6.07) is 10.2. The molecule has 1 N–H and O–H groups in total. The van der Waals surface area contributed by atoms with Crippen molar-refractivity contribution < 1.29 is 0 Å². The molecule has 5 heteroatoms. The fourth-order valence-corrected chi connectivity index (χ4v) is 2.96. The van der Waals surface area contributed by atoms with Crippen LogP contribution in [0.4, 0.5) is 5.82 Å². The maximum absolute atomic E-state index is 4.73. The third-order valence-electron chi connectivity index (χ3n) is 2.92. The molecule has 0 atom stereocenters. The Labute approximate surface area is 139 Å². The highest BCUT2D eigenvalue weighted by Crippen LogP contribution is 2.32. The van der Waals surface area contributed by atoms with E-state index in [1.807, 2.05) is 30.0 Å². The van der Waals surface area contributed by atoms with Crippen LogP contribution in [0.3, 0.4) is 0 Å². The van der Waals surface area contributed by atoms with Gasteiger partial charge in [0.1, 0.15) is 11.6 Å². The number of hydrogen-bond acceptors (Lipinski definition) is 4. The van der Waals surface area contributed by atoms with Crippen molar-refractivity contribution in [3.8, 4) is 11.3 Å². The Morgan fingerprint density at radius 1 is 1.14 bits per heavy atom. The van der Waals surface area contributed by atoms with Crippen LogP contribution in [0, 0.1) is 0 Å². The summed E-state index contributed by atoms with van der Waals surface area (Å²) < 4.78 is 0.937. The van der Waals surface area contributed by atoms with E-state index in [4.69, 9.17) is 4.98 Å². The largest absolute Gasteiger partial charge is 0.369 e. The molecule has 0 unspecified atom stereocenters. The molecule has 0 amide bonds. The number of nitrogens with zero attached hydrogens (tertiary/aromatic N) is 2. The highest BCUT2D eigenvalue weighted by atomic mass is 79.9. The Bertz CT molecular complexity index is 575. The molecule has 0 radical (unpaired) electrons. The second kappa shape index (κ2) is 8.39. The first-order valence-corrected chi connectivity index (χ1v) is 9.14. The zero-order valence-corrected chi connectivity index (χ0v) is 14.8. The number of nitrogens with one attached hydrogen (secondary N) is 1. The van der Waals surface area contributed by atoms with Gasteiger partial charge in [0.05, 0.1) is 15.9 Å². The zero-order valence-electron chi connectivity index (χ0n) is 12.4. The molecule has 0 bridgehead atoms. The first kappa shape index (κ1) is 16.3. The van der Waals surface area contributed by atoms with Gasteiger partial charge in [0.15, 0.2) is 0 Å². The fraction of sp³-hybridized carbons (Fsp3) is 0.375. The Balaban J connectivity index is 2.41. The quantitative estimate of drug-likeness (QED) is 0.750. The van der Waals surface area contributed by atoms with E-state index in [1.54, 1.807) is 0 Å². The molecule has 3 nitrogen and oxygen atoms in total. The van der Waals surface area contributed by atoms with Crippen molar-refractivity contribution in [3.05, 3.63) is 40.6 Å². The second-order valence-electron chi connectivity index (χ2n) is 4.58. The summed E-state index contributed by atoms with van der Waals surface area (Å²) in [5.41, 5.74) is 2.06. The lowest BCUT2D eigenvalue weighted by Gasteiger charge is -2.12. The maximum Gasteiger partial charge on any atom is 0.144 e. The van der Waals surface area contributed by atoms with Crippen LogP contribution < -0.4 is 5.32 Å². The van der Waals surface area contributed by atoms with Gasteiger partial charge in [0.2, 0.25) is 0 Å². The van der Waals surface area contributed by atoms with Crippen LogP contribution in [-0.4, -0.2) is 22.3 Å². The Morgan fingerprint density at radius 3 is 2.57 bits per heavy atom. The number of thioether (sulfide) groups is 1. The summed E-state index contributed by atoms with van der Waals surface area (Å²) in [4.78, 5) is 9.37. The van der Waals surface area contributed by atoms with Gasteiger partial charge in [-0.1, -0.05) is 44.2 Å².